The first-order valence-corrected chi connectivity index (χ1v) is 21.3. The summed E-state index contributed by atoms with van der Waals surface area (Å²) in [7, 11) is 0. The molecule has 2 nitrogen and oxygen atoms in total. The first kappa shape index (κ1) is 35.7. The van der Waals surface area contributed by atoms with Gasteiger partial charge in [0.05, 0.1) is 16.7 Å². The van der Waals surface area contributed by atoms with Crippen LogP contribution in [0.2, 0.25) is 0 Å². The molecule has 0 atom stereocenters. The molecule has 0 spiro atoms. The van der Waals surface area contributed by atoms with Crippen molar-refractivity contribution in [3.63, 3.8) is 0 Å². The van der Waals surface area contributed by atoms with Crippen LogP contribution in [0.25, 0.3) is 93.2 Å². The quantitative estimate of drug-likeness (QED) is 0.146. The Morgan fingerprint density at radius 2 is 0.839 bits per heavy atom. The zero-order valence-corrected chi connectivity index (χ0v) is 34.0. The predicted octanol–water partition coefficient (Wildman–Crippen LogP) is 16.7. The van der Waals surface area contributed by atoms with E-state index in [2.05, 4.69) is 252 Å². The van der Waals surface area contributed by atoms with Crippen LogP contribution < -0.4 is 4.90 Å². The third-order valence-corrected chi connectivity index (χ3v) is 12.5. The Balaban J connectivity index is 1.03. The lowest BCUT2D eigenvalue weighted by Gasteiger charge is -2.26. The van der Waals surface area contributed by atoms with Crippen LogP contribution in [0, 0.1) is 0 Å². The molecule has 12 rings (SSSR count). The van der Waals surface area contributed by atoms with E-state index in [4.69, 9.17) is 0 Å². The molecule has 0 amide bonds. The molecule has 11 aromatic carbocycles. The van der Waals surface area contributed by atoms with E-state index in [1.54, 1.807) is 0 Å². The lowest BCUT2D eigenvalue weighted by molar-refractivity contribution is 1.18. The summed E-state index contributed by atoms with van der Waals surface area (Å²) in [6, 6.07) is 88.4. The molecule has 0 saturated carbocycles. The summed E-state index contributed by atoms with van der Waals surface area (Å²) in [5.41, 5.74) is 14.1. The minimum absolute atomic E-state index is 1.10. The van der Waals surface area contributed by atoms with E-state index >= 15 is 0 Å². The van der Waals surface area contributed by atoms with Crippen LogP contribution in [0.3, 0.4) is 0 Å². The third-order valence-electron chi connectivity index (χ3n) is 12.5. The normalized spacial score (nSPS) is 11.5. The molecule has 0 fully saturated rings. The average molecular weight is 789 g/mol. The maximum Gasteiger partial charge on any atom is 0.0562 e. The Kier molecular flexibility index (Phi) is 8.53. The van der Waals surface area contributed by atoms with Gasteiger partial charge in [-0.2, -0.15) is 0 Å². The van der Waals surface area contributed by atoms with Gasteiger partial charge in [0.15, 0.2) is 0 Å². The minimum Gasteiger partial charge on any atom is -0.310 e. The van der Waals surface area contributed by atoms with E-state index in [0.29, 0.717) is 0 Å². The molecule has 62 heavy (non-hydrogen) atoms. The van der Waals surface area contributed by atoms with Crippen molar-refractivity contribution in [1.29, 1.82) is 0 Å². The molecule has 0 radical (unpaired) electrons. The fourth-order valence-electron chi connectivity index (χ4n) is 9.77. The highest BCUT2D eigenvalue weighted by atomic mass is 15.1. The zero-order valence-electron chi connectivity index (χ0n) is 34.0. The first-order chi connectivity index (χ1) is 30.8. The van der Waals surface area contributed by atoms with Gasteiger partial charge in [0.1, 0.15) is 0 Å². The van der Waals surface area contributed by atoms with Crippen LogP contribution in [0.4, 0.5) is 17.1 Å². The van der Waals surface area contributed by atoms with Crippen molar-refractivity contribution in [1.82, 2.24) is 4.57 Å². The number of rotatable bonds is 7. The van der Waals surface area contributed by atoms with E-state index in [9.17, 15) is 0 Å². The van der Waals surface area contributed by atoms with Crippen molar-refractivity contribution in [2.45, 2.75) is 0 Å². The van der Waals surface area contributed by atoms with Crippen molar-refractivity contribution >= 4 is 71.2 Å². The maximum atomic E-state index is 2.42. The van der Waals surface area contributed by atoms with E-state index in [1.807, 2.05) is 0 Å². The largest absolute Gasteiger partial charge is 0.310 e. The molecule has 290 valence electrons. The van der Waals surface area contributed by atoms with E-state index < -0.39 is 0 Å². The summed E-state index contributed by atoms with van der Waals surface area (Å²) in [5, 5.41) is 9.93. The van der Waals surface area contributed by atoms with Gasteiger partial charge in [0.2, 0.25) is 0 Å². The summed E-state index contributed by atoms with van der Waals surface area (Å²) in [4.78, 5) is 2.41. The van der Waals surface area contributed by atoms with E-state index in [0.717, 1.165) is 22.7 Å². The number of nitrogens with zero attached hydrogens (tertiary/aromatic N) is 2. The number of aromatic nitrogens is 1. The number of hydrogen-bond donors (Lipinski definition) is 0. The second-order valence-electron chi connectivity index (χ2n) is 16.1. The molecule has 0 saturated heterocycles. The van der Waals surface area contributed by atoms with Crippen molar-refractivity contribution in [3.05, 3.63) is 243 Å². The van der Waals surface area contributed by atoms with Gasteiger partial charge in [0, 0.05) is 27.8 Å². The Bertz CT molecular complexity index is 3610. The second-order valence-corrected chi connectivity index (χ2v) is 16.1. The fraction of sp³-hybridized carbons (Fsp3) is 0. The second kappa shape index (κ2) is 14.8. The van der Waals surface area contributed by atoms with Gasteiger partial charge in [-0.05, 0) is 126 Å². The van der Waals surface area contributed by atoms with Crippen molar-refractivity contribution in [2.24, 2.45) is 0 Å². The van der Waals surface area contributed by atoms with E-state index in [1.165, 1.54) is 87.5 Å². The van der Waals surface area contributed by atoms with Gasteiger partial charge in [-0.3, -0.25) is 0 Å². The summed E-state index contributed by atoms with van der Waals surface area (Å²) in [6.07, 6.45) is 0. The first-order valence-electron chi connectivity index (χ1n) is 21.3. The molecule has 1 heterocycles. The Morgan fingerprint density at radius 1 is 0.290 bits per heavy atom. The van der Waals surface area contributed by atoms with Gasteiger partial charge >= 0.3 is 0 Å². The molecule has 12 aromatic rings. The molecule has 0 unspecified atom stereocenters. The number of anilines is 3. The van der Waals surface area contributed by atoms with Crippen LogP contribution >= 0.6 is 0 Å². The summed E-state index contributed by atoms with van der Waals surface area (Å²) < 4.78 is 2.42. The zero-order chi connectivity index (χ0) is 41.0. The van der Waals surface area contributed by atoms with Gasteiger partial charge in [0.25, 0.3) is 0 Å². The summed E-state index contributed by atoms with van der Waals surface area (Å²) >= 11 is 0. The molecule has 0 N–H and O–H groups in total. The van der Waals surface area contributed by atoms with Crippen LogP contribution in [0.15, 0.2) is 243 Å². The minimum atomic E-state index is 1.10. The average Bonchev–Trinajstić information content (AvgIpc) is 3.69. The monoisotopic (exact) mass is 788 g/mol. The van der Waals surface area contributed by atoms with Gasteiger partial charge in [-0.25, -0.2) is 0 Å². The van der Waals surface area contributed by atoms with Crippen molar-refractivity contribution < 1.29 is 0 Å². The van der Waals surface area contributed by atoms with Crippen molar-refractivity contribution in [3.8, 4) is 39.1 Å². The molecule has 2 heteroatoms. The molecular formula is C60H40N2. The molecule has 1 aromatic heterocycles. The number of hydrogen-bond acceptors (Lipinski definition) is 1. The maximum absolute atomic E-state index is 2.42. The summed E-state index contributed by atoms with van der Waals surface area (Å²) in [6.45, 7) is 0. The predicted molar refractivity (Wildman–Crippen MR) is 264 cm³/mol. The molecule has 0 bridgehead atoms. The highest BCUT2D eigenvalue weighted by Crippen LogP contribution is 2.47. The molecule has 0 aliphatic carbocycles. The fourth-order valence-corrected chi connectivity index (χ4v) is 9.77. The van der Waals surface area contributed by atoms with Gasteiger partial charge in [-0.1, -0.05) is 182 Å². The topological polar surface area (TPSA) is 8.17 Å². The highest BCUT2D eigenvalue weighted by Gasteiger charge is 2.22. The SMILES string of the molecule is c1ccc(-c2c(-c3ccccc3)c3cc(-c4ccc(N(c5ccccc5)c5cccc6c5c5ccccc5n6-c5ccc6ccccc6c5)cc4)ccc3c3ccccc23)cc1. The number of fused-ring (bicyclic) bond motifs is 7. The van der Waals surface area contributed by atoms with Crippen LogP contribution in [-0.2, 0) is 0 Å². The lowest BCUT2D eigenvalue weighted by Crippen LogP contribution is -2.10. The smallest absolute Gasteiger partial charge is 0.0562 e. The number of benzene rings is 11. The van der Waals surface area contributed by atoms with Crippen molar-refractivity contribution in [2.75, 3.05) is 4.90 Å². The standard InChI is InChI=1S/C60H40N2/c1-4-18-43(19-5-1)58-52-26-13-12-25-50(52)51-38-34-46(40-54(51)59(58)44-20-6-2-7-21-44)42-31-35-48(36-32-42)61(47-23-8-3-9-24-47)56-29-16-30-57-60(56)53-27-14-15-28-55(53)62(57)49-37-33-41-17-10-11-22-45(41)39-49/h1-40H. The van der Waals surface area contributed by atoms with Gasteiger partial charge in [-0.15, -0.1) is 0 Å². The number of para-hydroxylation sites is 2. The highest BCUT2D eigenvalue weighted by molar-refractivity contribution is 6.22. The lowest BCUT2D eigenvalue weighted by atomic mass is 9.84. The molecule has 0 aliphatic rings. The van der Waals surface area contributed by atoms with Crippen LogP contribution in [-0.4, -0.2) is 4.57 Å². The van der Waals surface area contributed by atoms with E-state index in [-0.39, 0.29) is 0 Å². The van der Waals surface area contributed by atoms with Crippen LogP contribution in [0.5, 0.6) is 0 Å². The van der Waals surface area contributed by atoms with Crippen LogP contribution in [0.1, 0.15) is 0 Å². The Morgan fingerprint density at radius 3 is 1.58 bits per heavy atom. The summed E-state index contributed by atoms with van der Waals surface area (Å²) in [5.74, 6) is 0. The Hall–Kier alpha value is -8.20. The Labute approximate surface area is 360 Å². The third kappa shape index (κ3) is 5.88. The molecule has 0 aliphatic heterocycles. The van der Waals surface area contributed by atoms with Gasteiger partial charge < -0.3 is 9.47 Å². The molecular weight excluding hydrogens is 749 g/mol.